The van der Waals surface area contributed by atoms with Crippen LogP contribution >= 0.6 is 0 Å². The van der Waals surface area contributed by atoms with Crippen LogP contribution in [0.1, 0.15) is 65.9 Å². The SMILES string of the molecule is CC.CC.Cc1c(C)c(C)c(C(=O)Cc2ccccc2)c(O)c1C.[V]. The van der Waals surface area contributed by atoms with E-state index >= 15 is 0 Å². The number of phenolic OH excluding ortho intramolecular Hbond substituents is 1. The summed E-state index contributed by atoms with van der Waals surface area (Å²) in [5.74, 6) is 0.101. The van der Waals surface area contributed by atoms with E-state index in [2.05, 4.69) is 0 Å². The second kappa shape index (κ2) is 12.8. The van der Waals surface area contributed by atoms with Crippen molar-refractivity contribution < 1.29 is 28.5 Å². The third-order valence-electron chi connectivity index (χ3n) is 4.14. The number of aromatic hydroxyl groups is 1. The van der Waals surface area contributed by atoms with Crippen LogP contribution in [-0.4, -0.2) is 10.9 Å². The summed E-state index contributed by atoms with van der Waals surface area (Å²) in [6.07, 6.45) is 0.317. The second-order valence-electron chi connectivity index (χ2n) is 5.31. The van der Waals surface area contributed by atoms with E-state index in [-0.39, 0.29) is 30.1 Å². The Kier molecular flexibility index (Phi) is 13.2. The van der Waals surface area contributed by atoms with Crippen LogP contribution in [0.15, 0.2) is 30.3 Å². The van der Waals surface area contributed by atoms with Crippen molar-refractivity contribution in [3.05, 3.63) is 63.7 Å². The van der Waals surface area contributed by atoms with Crippen LogP contribution in [0.3, 0.4) is 0 Å². The van der Waals surface area contributed by atoms with Gasteiger partial charge in [0.05, 0.1) is 5.56 Å². The molecule has 0 atom stereocenters. The minimum Gasteiger partial charge on any atom is -0.507 e. The van der Waals surface area contributed by atoms with E-state index in [9.17, 15) is 9.90 Å². The summed E-state index contributed by atoms with van der Waals surface area (Å²) in [4.78, 5) is 12.5. The van der Waals surface area contributed by atoms with Gasteiger partial charge in [-0.2, -0.15) is 0 Å². The summed E-state index contributed by atoms with van der Waals surface area (Å²) in [6, 6.07) is 9.62. The maximum atomic E-state index is 12.5. The Morgan fingerprint density at radius 1 is 0.800 bits per heavy atom. The Morgan fingerprint density at radius 2 is 1.24 bits per heavy atom. The maximum Gasteiger partial charge on any atom is 0.171 e. The molecule has 25 heavy (non-hydrogen) atoms. The Hall–Kier alpha value is -1.51. The molecule has 0 bridgehead atoms. The first-order valence-electron chi connectivity index (χ1n) is 8.80. The number of rotatable bonds is 3. The van der Waals surface area contributed by atoms with Crippen molar-refractivity contribution in [1.82, 2.24) is 0 Å². The van der Waals surface area contributed by atoms with E-state index in [0.29, 0.717) is 12.0 Å². The molecule has 0 saturated carbocycles. The van der Waals surface area contributed by atoms with Gasteiger partial charge in [0.2, 0.25) is 0 Å². The number of benzene rings is 2. The third kappa shape index (κ3) is 6.38. The van der Waals surface area contributed by atoms with Gasteiger partial charge in [0, 0.05) is 25.0 Å². The molecule has 1 radical (unpaired) electrons. The van der Waals surface area contributed by atoms with Crippen LogP contribution in [0, 0.1) is 27.7 Å². The Balaban J connectivity index is 0. The van der Waals surface area contributed by atoms with Gasteiger partial charge in [0.25, 0.3) is 0 Å². The van der Waals surface area contributed by atoms with Gasteiger partial charge in [-0.3, -0.25) is 4.79 Å². The average Bonchev–Trinajstić information content (AvgIpc) is 2.62. The summed E-state index contributed by atoms with van der Waals surface area (Å²) in [5, 5.41) is 10.3. The van der Waals surface area contributed by atoms with Crippen LogP contribution in [-0.2, 0) is 25.0 Å². The molecule has 0 fully saturated rings. The third-order valence-corrected chi connectivity index (χ3v) is 4.14. The minimum atomic E-state index is -0.0302. The first-order valence-corrected chi connectivity index (χ1v) is 8.80. The zero-order valence-corrected chi connectivity index (χ0v) is 18.3. The van der Waals surface area contributed by atoms with Gasteiger partial charge in [-0.1, -0.05) is 58.0 Å². The van der Waals surface area contributed by atoms with Gasteiger partial charge >= 0.3 is 0 Å². The minimum absolute atomic E-state index is 0. The van der Waals surface area contributed by atoms with Crippen LogP contribution in [0.5, 0.6) is 5.75 Å². The first kappa shape index (κ1) is 25.7. The molecular formula is C22H32O2V. The van der Waals surface area contributed by atoms with Crippen molar-refractivity contribution in [1.29, 1.82) is 0 Å². The Morgan fingerprint density at radius 3 is 1.72 bits per heavy atom. The van der Waals surface area contributed by atoms with Crippen LogP contribution < -0.4 is 0 Å². The molecule has 2 nitrogen and oxygen atoms in total. The van der Waals surface area contributed by atoms with Gasteiger partial charge in [0.1, 0.15) is 5.75 Å². The molecule has 0 heterocycles. The first-order chi connectivity index (χ1) is 11.4. The van der Waals surface area contributed by atoms with Crippen LogP contribution in [0.2, 0.25) is 0 Å². The predicted octanol–water partition coefficient (Wildman–Crippen LogP) is 6.10. The van der Waals surface area contributed by atoms with E-state index in [1.807, 2.05) is 85.7 Å². The van der Waals surface area contributed by atoms with Gasteiger partial charge < -0.3 is 5.11 Å². The molecule has 0 aliphatic rings. The van der Waals surface area contributed by atoms with Gasteiger partial charge in [-0.05, 0) is 55.5 Å². The molecular weight excluding hydrogens is 347 g/mol. The van der Waals surface area contributed by atoms with Crippen molar-refractivity contribution in [2.45, 2.75) is 61.8 Å². The zero-order chi connectivity index (χ0) is 18.9. The number of ketones is 1. The number of carbonyl (C=O) groups excluding carboxylic acids is 1. The number of phenols is 1. The number of Topliss-reactive ketones (excluding diaryl/α,β-unsaturated/α-hetero) is 1. The summed E-state index contributed by atoms with van der Waals surface area (Å²) in [5.41, 5.74) is 5.24. The van der Waals surface area contributed by atoms with E-state index in [0.717, 1.165) is 27.8 Å². The smallest absolute Gasteiger partial charge is 0.171 e. The van der Waals surface area contributed by atoms with Crippen LogP contribution in [0.25, 0.3) is 0 Å². The van der Waals surface area contributed by atoms with Gasteiger partial charge in [-0.15, -0.1) is 0 Å². The van der Waals surface area contributed by atoms with E-state index in [4.69, 9.17) is 0 Å². The standard InChI is InChI=1S/C18H20O2.2C2H6.V/c1-11-12(2)14(4)18(20)17(13(11)3)16(19)10-15-8-6-5-7-9-15;2*1-2;/h5-9,20H,10H2,1-4H3;2*1-2H3;. The normalized spacial score (nSPS) is 8.96. The molecule has 2 aromatic carbocycles. The average molecular weight is 379 g/mol. The molecule has 2 rings (SSSR count). The molecule has 0 aromatic heterocycles. The number of hydrogen-bond donors (Lipinski definition) is 1. The molecule has 0 saturated heterocycles. The molecule has 137 valence electrons. The summed E-state index contributed by atoms with van der Waals surface area (Å²) >= 11 is 0. The Labute approximate surface area is 165 Å². The monoisotopic (exact) mass is 379 g/mol. The van der Waals surface area contributed by atoms with Crippen molar-refractivity contribution in [3.8, 4) is 5.75 Å². The van der Waals surface area contributed by atoms with Crippen molar-refractivity contribution >= 4 is 5.78 Å². The van der Waals surface area contributed by atoms with E-state index < -0.39 is 0 Å². The van der Waals surface area contributed by atoms with Crippen molar-refractivity contribution in [3.63, 3.8) is 0 Å². The fraction of sp³-hybridized carbons (Fsp3) is 0.409. The second-order valence-corrected chi connectivity index (χ2v) is 5.31. The molecule has 2 aromatic rings. The van der Waals surface area contributed by atoms with Crippen molar-refractivity contribution in [2.24, 2.45) is 0 Å². The molecule has 0 aliphatic carbocycles. The van der Waals surface area contributed by atoms with E-state index in [1.54, 1.807) is 0 Å². The predicted molar refractivity (Wildman–Crippen MR) is 104 cm³/mol. The fourth-order valence-electron chi connectivity index (χ4n) is 2.50. The molecule has 0 aliphatic heterocycles. The van der Waals surface area contributed by atoms with Crippen LogP contribution in [0.4, 0.5) is 0 Å². The molecule has 0 unspecified atom stereocenters. The van der Waals surface area contributed by atoms with Crippen molar-refractivity contribution in [2.75, 3.05) is 0 Å². The number of hydrogen-bond acceptors (Lipinski definition) is 2. The van der Waals surface area contributed by atoms with E-state index in [1.165, 1.54) is 0 Å². The Bertz CT molecular complexity index is 632. The number of carbonyl (C=O) groups is 1. The zero-order valence-electron chi connectivity index (χ0n) is 16.9. The quantitative estimate of drug-likeness (QED) is 0.654. The molecule has 1 N–H and O–H groups in total. The molecule has 0 amide bonds. The molecule has 0 spiro atoms. The topological polar surface area (TPSA) is 37.3 Å². The fourth-order valence-corrected chi connectivity index (χ4v) is 2.50. The summed E-state index contributed by atoms with van der Waals surface area (Å²) in [7, 11) is 0. The van der Waals surface area contributed by atoms with Gasteiger partial charge in [-0.25, -0.2) is 0 Å². The van der Waals surface area contributed by atoms with Gasteiger partial charge in [0.15, 0.2) is 5.78 Å². The molecule has 3 heteroatoms. The summed E-state index contributed by atoms with van der Waals surface area (Å²) < 4.78 is 0. The summed E-state index contributed by atoms with van der Waals surface area (Å²) in [6.45, 7) is 15.7. The largest absolute Gasteiger partial charge is 0.507 e. The maximum absolute atomic E-state index is 12.5.